The van der Waals surface area contributed by atoms with E-state index < -0.39 is 5.97 Å². The second-order valence-corrected chi connectivity index (χ2v) is 1.35. The summed E-state index contributed by atoms with van der Waals surface area (Å²) in [6.45, 7) is 0. The quantitative estimate of drug-likeness (QED) is 0.413. The Morgan fingerprint density at radius 2 is 2.67 bits per heavy atom. The third kappa shape index (κ3) is 1.06. The first-order valence-electron chi connectivity index (χ1n) is 2.19. The van der Waals surface area contributed by atoms with Gasteiger partial charge in [0.15, 0.2) is 0 Å². The summed E-state index contributed by atoms with van der Waals surface area (Å²) in [6, 6.07) is 1.39. The van der Waals surface area contributed by atoms with Crippen molar-refractivity contribution in [2.45, 2.75) is 0 Å². The number of nitrogens with zero attached hydrogens (tertiary/aromatic N) is 1. The van der Waals surface area contributed by atoms with Crippen LogP contribution in [-0.4, -0.2) is 21.4 Å². The Morgan fingerprint density at radius 3 is 3.11 bits per heavy atom. The zero-order valence-electron chi connectivity index (χ0n) is 4.37. The van der Waals surface area contributed by atoms with E-state index in [0.29, 0.717) is 0 Å². The summed E-state index contributed by atoms with van der Waals surface area (Å²) < 4.78 is 0. The molecule has 0 aliphatic heterocycles. The van der Waals surface area contributed by atoms with E-state index >= 15 is 0 Å². The first kappa shape index (κ1) is 5.77. The number of hydrogen-bond acceptors (Lipinski definition) is 4. The Kier molecular flexibility index (Phi) is 1.46. The molecule has 2 N–H and O–H groups in total. The van der Waals surface area contributed by atoms with E-state index in [2.05, 4.69) is 15.1 Å². The fourth-order valence-corrected chi connectivity index (χ4v) is 0.419. The minimum Gasteiger partial charge on any atom is -0.294 e. The maximum absolute atomic E-state index is 10.3. The van der Waals surface area contributed by atoms with Crippen molar-refractivity contribution >= 4 is 5.97 Å². The molecule has 0 saturated heterocycles. The van der Waals surface area contributed by atoms with E-state index in [1.807, 2.05) is 0 Å². The molecule has 1 aromatic heterocycles. The molecule has 1 aromatic rings. The average Bonchev–Trinajstić information content (AvgIpc) is 2.37. The van der Waals surface area contributed by atoms with Gasteiger partial charge in [-0.3, -0.25) is 9.99 Å². The molecule has 0 bridgehead atoms. The van der Waals surface area contributed by atoms with Crippen molar-refractivity contribution in [2.24, 2.45) is 0 Å². The van der Waals surface area contributed by atoms with Gasteiger partial charge in [0.05, 0.1) is 0 Å². The molecule has 0 aliphatic rings. The van der Waals surface area contributed by atoms with Gasteiger partial charge in [-0.25, -0.2) is 4.79 Å². The third-order valence-corrected chi connectivity index (χ3v) is 0.804. The van der Waals surface area contributed by atoms with Crippen molar-refractivity contribution < 1.29 is 14.9 Å². The van der Waals surface area contributed by atoms with Crippen molar-refractivity contribution in [3.8, 4) is 0 Å². The second-order valence-electron chi connectivity index (χ2n) is 1.35. The van der Waals surface area contributed by atoms with Crippen LogP contribution < -0.4 is 0 Å². The lowest BCUT2D eigenvalue weighted by atomic mass is 10.5. The minimum absolute atomic E-state index is 0.123. The molecule has 5 nitrogen and oxygen atoms in total. The molecule has 1 rings (SSSR count). The lowest BCUT2D eigenvalue weighted by Crippen LogP contribution is -2.01. The second kappa shape index (κ2) is 2.27. The SMILES string of the molecule is O=C(OO)c1ccn[nH]1. The van der Waals surface area contributed by atoms with Gasteiger partial charge in [-0.1, -0.05) is 0 Å². The van der Waals surface area contributed by atoms with Crippen molar-refractivity contribution in [3.63, 3.8) is 0 Å². The Hall–Kier alpha value is -1.36. The molecule has 0 radical (unpaired) electrons. The lowest BCUT2D eigenvalue weighted by molar-refractivity contribution is -0.183. The molecule has 0 aromatic carbocycles. The van der Waals surface area contributed by atoms with Crippen LogP contribution in [0.15, 0.2) is 12.3 Å². The van der Waals surface area contributed by atoms with Gasteiger partial charge in [0.2, 0.25) is 0 Å². The third-order valence-electron chi connectivity index (χ3n) is 0.804. The van der Waals surface area contributed by atoms with Crippen molar-refractivity contribution in [2.75, 3.05) is 0 Å². The van der Waals surface area contributed by atoms with Crippen LogP contribution in [0.2, 0.25) is 0 Å². The fourth-order valence-electron chi connectivity index (χ4n) is 0.419. The zero-order valence-corrected chi connectivity index (χ0v) is 4.37. The van der Waals surface area contributed by atoms with E-state index in [0.717, 1.165) is 0 Å². The van der Waals surface area contributed by atoms with Gasteiger partial charge in [-0.2, -0.15) is 10.4 Å². The number of aromatic nitrogens is 2. The minimum atomic E-state index is -0.840. The smallest absolute Gasteiger partial charge is 0.294 e. The van der Waals surface area contributed by atoms with Gasteiger partial charge < -0.3 is 0 Å². The van der Waals surface area contributed by atoms with Crippen LogP contribution in [0, 0.1) is 0 Å². The largest absolute Gasteiger partial charge is 0.390 e. The van der Waals surface area contributed by atoms with Crippen molar-refractivity contribution in [1.29, 1.82) is 0 Å². The predicted octanol–water partition coefficient (Wildman–Crippen LogP) is 0.0395. The maximum atomic E-state index is 10.3. The highest BCUT2D eigenvalue weighted by molar-refractivity contribution is 5.86. The molecule has 48 valence electrons. The standard InChI is InChI=1S/C4H4N2O3/c7-4(9-8)3-1-2-5-6-3/h1-2,8H,(H,5,6). The summed E-state index contributed by atoms with van der Waals surface area (Å²) in [5, 5.41) is 13.6. The highest BCUT2D eigenvalue weighted by Crippen LogP contribution is 1.91. The van der Waals surface area contributed by atoms with Gasteiger partial charge in [0.1, 0.15) is 5.69 Å². The van der Waals surface area contributed by atoms with Crippen LogP contribution in [0.25, 0.3) is 0 Å². The maximum Gasteiger partial charge on any atom is 0.390 e. The molecule has 0 aliphatic carbocycles. The van der Waals surface area contributed by atoms with Gasteiger partial charge >= 0.3 is 5.97 Å². The summed E-state index contributed by atoms with van der Waals surface area (Å²) in [5.74, 6) is -0.840. The first-order valence-corrected chi connectivity index (χ1v) is 2.19. The van der Waals surface area contributed by atoms with Crippen molar-refractivity contribution in [1.82, 2.24) is 10.2 Å². The van der Waals surface area contributed by atoms with Crippen LogP contribution in [0.3, 0.4) is 0 Å². The number of hydrogen-bond donors (Lipinski definition) is 2. The highest BCUT2D eigenvalue weighted by atomic mass is 17.1. The Balaban J connectivity index is 2.77. The Labute approximate surface area is 50.2 Å². The van der Waals surface area contributed by atoms with Gasteiger partial charge in [-0.15, -0.1) is 0 Å². The van der Waals surface area contributed by atoms with E-state index in [1.54, 1.807) is 0 Å². The molecule has 0 amide bonds. The Bertz CT molecular complexity index is 194. The van der Waals surface area contributed by atoms with Gasteiger partial charge in [0.25, 0.3) is 0 Å². The van der Waals surface area contributed by atoms with E-state index in [-0.39, 0.29) is 5.69 Å². The fraction of sp³-hybridized carbons (Fsp3) is 0. The average molecular weight is 128 g/mol. The summed E-state index contributed by atoms with van der Waals surface area (Å²) in [7, 11) is 0. The molecule has 0 fully saturated rings. The van der Waals surface area contributed by atoms with Crippen LogP contribution in [0.4, 0.5) is 0 Å². The summed E-state index contributed by atoms with van der Waals surface area (Å²) in [6.07, 6.45) is 1.38. The normalized spacial score (nSPS) is 9.00. The molecule has 5 heteroatoms. The van der Waals surface area contributed by atoms with Crippen LogP contribution in [0.1, 0.15) is 10.5 Å². The summed E-state index contributed by atoms with van der Waals surface area (Å²) >= 11 is 0. The monoisotopic (exact) mass is 128 g/mol. The number of carbonyl (C=O) groups is 1. The first-order chi connectivity index (χ1) is 4.34. The summed E-state index contributed by atoms with van der Waals surface area (Å²) in [5.41, 5.74) is 0.123. The molecular formula is C4H4N2O3. The number of H-pyrrole nitrogens is 1. The molecule has 1 heterocycles. The Morgan fingerprint density at radius 1 is 1.89 bits per heavy atom. The molecule has 9 heavy (non-hydrogen) atoms. The molecule has 0 unspecified atom stereocenters. The highest BCUT2D eigenvalue weighted by Gasteiger charge is 2.05. The van der Waals surface area contributed by atoms with E-state index in [1.165, 1.54) is 12.3 Å². The van der Waals surface area contributed by atoms with Crippen LogP contribution in [-0.2, 0) is 4.89 Å². The topological polar surface area (TPSA) is 75.2 Å². The van der Waals surface area contributed by atoms with Gasteiger partial charge in [0, 0.05) is 6.20 Å². The number of carbonyl (C=O) groups excluding carboxylic acids is 1. The number of nitrogens with one attached hydrogen (secondary N) is 1. The van der Waals surface area contributed by atoms with E-state index in [4.69, 9.17) is 5.26 Å². The molecular weight excluding hydrogens is 124 g/mol. The van der Waals surface area contributed by atoms with Crippen molar-refractivity contribution in [3.05, 3.63) is 18.0 Å². The number of aromatic amines is 1. The molecule has 0 saturated carbocycles. The van der Waals surface area contributed by atoms with Gasteiger partial charge in [-0.05, 0) is 6.07 Å². The van der Waals surface area contributed by atoms with Crippen LogP contribution >= 0.6 is 0 Å². The van der Waals surface area contributed by atoms with E-state index in [9.17, 15) is 4.79 Å². The number of rotatable bonds is 1. The molecule has 0 spiro atoms. The van der Waals surface area contributed by atoms with Crippen LogP contribution in [0.5, 0.6) is 0 Å². The summed E-state index contributed by atoms with van der Waals surface area (Å²) in [4.78, 5) is 13.7. The zero-order chi connectivity index (χ0) is 6.69. The predicted molar refractivity (Wildman–Crippen MR) is 26.6 cm³/mol. The molecule has 0 atom stereocenters. The lowest BCUT2D eigenvalue weighted by Gasteiger charge is -1.86.